The van der Waals surface area contributed by atoms with E-state index in [1.54, 1.807) is 12.1 Å². The highest BCUT2D eigenvalue weighted by molar-refractivity contribution is 6.31. The topological polar surface area (TPSA) is 51.8 Å². The number of benzene rings is 1. The Balaban J connectivity index is 0.00000192. The third-order valence-electron chi connectivity index (χ3n) is 3.44. The molecular formula is C16H13Cl2F2N3. The van der Waals surface area contributed by atoms with Crippen LogP contribution in [0, 0.1) is 11.6 Å². The standard InChI is InChI=1S/C16H12ClF2N3.ClH/c1-2-13-9(3-4-14(20)22-13)15-12(19)6-11(18)10-5-8(17)7-21-16(10)15;/h3-7H,2H2,1H3,(H2,20,22);1H. The quantitative estimate of drug-likeness (QED) is 0.718. The van der Waals surface area contributed by atoms with Crippen molar-refractivity contribution in [2.75, 3.05) is 5.73 Å². The molecular weight excluding hydrogens is 343 g/mol. The van der Waals surface area contributed by atoms with Gasteiger partial charge in [0.2, 0.25) is 0 Å². The molecule has 0 saturated carbocycles. The highest BCUT2D eigenvalue weighted by Crippen LogP contribution is 2.34. The fourth-order valence-electron chi connectivity index (χ4n) is 2.47. The molecule has 0 fully saturated rings. The van der Waals surface area contributed by atoms with E-state index >= 15 is 0 Å². The van der Waals surface area contributed by atoms with Crippen LogP contribution in [0.3, 0.4) is 0 Å². The molecule has 3 rings (SSSR count). The van der Waals surface area contributed by atoms with Crippen molar-refractivity contribution in [1.29, 1.82) is 0 Å². The third kappa shape index (κ3) is 3.07. The van der Waals surface area contributed by atoms with Gasteiger partial charge in [-0.05, 0) is 24.6 Å². The number of nitrogens with zero attached hydrogens (tertiary/aromatic N) is 2. The van der Waals surface area contributed by atoms with E-state index in [0.29, 0.717) is 23.5 Å². The molecule has 2 aromatic heterocycles. The first kappa shape index (κ1) is 17.4. The van der Waals surface area contributed by atoms with Gasteiger partial charge in [0.1, 0.15) is 17.5 Å². The summed E-state index contributed by atoms with van der Waals surface area (Å²) in [6.45, 7) is 1.89. The van der Waals surface area contributed by atoms with E-state index in [1.165, 1.54) is 12.3 Å². The normalized spacial score (nSPS) is 10.6. The summed E-state index contributed by atoms with van der Waals surface area (Å²) in [7, 11) is 0. The van der Waals surface area contributed by atoms with Gasteiger partial charge < -0.3 is 5.73 Å². The molecule has 0 atom stereocenters. The third-order valence-corrected chi connectivity index (χ3v) is 3.65. The minimum atomic E-state index is -0.701. The summed E-state index contributed by atoms with van der Waals surface area (Å²) in [4.78, 5) is 8.33. The number of aryl methyl sites for hydroxylation is 1. The Kier molecular flexibility index (Phi) is 5.02. The summed E-state index contributed by atoms with van der Waals surface area (Å²) in [5, 5.41) is 0.456. The Morgan fingerprint density at radius 1 is 1.17 bits per heavy atom. The molecule has 0 aliphatic rings. The van der Waals surface area contributed by atoms with Crippen LogP contribution in [0.15, 0.2) is 30.5 Å². The number of pyridine rings is 2. The van der Waals surface area contributed by atoms with Crippen LogP contribution in [0.4, 0.5) is 14.6 Å². The molecule has 0 aliphatic heterocycles. The van der Waals surface area contributed by atoms with Crippen LogP contribution in [0.1, 0.15) is 12.6 Å². The van der Waals surface area contributed by atoms with Crippen LogP contribution in [0.2, 0.25) is 5.02 Å². The Morgan fingerprint density at radius 2 is 1.91 bits per heavy atom. The molecule has 0 amide bonds. The minimum Gasteiger partial charge on any atom is -0.384 e. The van der Waals surface area contributed by atoms with Gasteiger partial charge in [0, 0.05) is 28.8 Å². The number of nitrogen functional groups attached to an aromatic ring is 1. The van der Waals surface area contributed by atoms with Crippen LogP contribution in [-0.2, 0) is 6.42 Å². The number of fused-ring (bicyclic) bond motifs is 1. The number of anilines is 1. The van der Waals surface area contributed by atoms with E-state index in [4.69, 9.17) is 17.3 Å². The number of aromatic nitrogens is 2. The van der Waals surface area contributed by atoms with Crippen molar-refractivity contribution in [3.8, 4) is 11.1 Å². The lowest BCUT2D eigenvalue weighted by molar-refractivity contribution is 0.593. The van der Waals surface area contributed by atoms with Crippen molar-refractivity contribution >= 4 is 40.7 Å². The fourth-order valence-corrected chi connectivity index (χ4v) is 2.62. The summed E-state index contributed by atoms with van der Waals surface area (Å²) in [6, 6.07) is 5.52. The molecule has 0 saturated heterocycles. The minimum absolute atomic E-state index is 0. The smallest absolute Gasteiger partial charge is 0.136 e. The van der Waals surface area contributed by atoms with E-state index in [2.05, 4.69) is 9.97 Å². The number of hydrogen-bond acceptors (Lipinski definition) is 3. The predicted octanol–water partition coefficient (Wildman–Crippen LogP) is 4.79. The molecule has 0 radical (unpaired) electrons. The number of nitrogens with two attached hydrogens (primary N) is 1. The maximum atomic E-state index is 14.4. The highest BCUT2D eigenvalue weighted by atomic mass is 35.5. The Hall–Kier alpha value is -1.98. The van der Waals surface area contributed by atoms with Crippen LogP contribution in [-0.4, -0.2) is 9.97 Å². The molecule has 23 heavy (non-hydrogen) atoms. The zero-order valence-corrected chi connectivity index (χ0v) is 13.7. The van der Waals surface area contributed by atoms with E-state index < -0.39 is 11.6 Å². The summed E-state index contributed by atoms with van der Waals surface area (Å²) in [5.74, 6) is -1.04. The summed E-state index contributed by atoms with van der Waals surface area (Å²) in [5.41, 5.74) is 7.27. The predicted molar refractivity (Wildman–Crippen MR) is 90.9 cm³/mol. The van der Waals surface area contributed by atoms with Gasteiger partial charge in [-0.2, -0.15) is 0 Å². The van der Waals surface area contributed by atoms with Gasteiger partial charge in [-0.15, -0.1) is 12.4 Å². The lowest BCUT2D eigenvalue weighted by Crippen LogP contribution is -2.00. The van der Waals surface area contributed by atoms with Gasteiger partial charge in [0.15, 0.2) is 0 Å². The Bertz CT molecular complexity index is 885. The lowest BCUT2D eigenvalue weighted by atomic mass is 9.98. The Morgan fingerprint density at radius 3 is 2.61 bits per heavy atom. The molecule has 0 aliphatic carbocycles. The van der Waals surface area contributed by atoms with Crippen molar-refractivity contribution in [2.24, 2.45) is 0 Å². The molecule has 0 bridgehead atoms. The van der Waals surface area contributed by atoms with Gasteiger partial charge in [0.25, 0.3) is 0 Å². The number of rotatable bonds is 2. The molecule has 2 N–H and O–H groups in total. The van der Waals surface area contributed by atoms with Gasteiger partial charge in [-0.1, -0.05) is 18.5 Å². The summed E-state index contributed by atoms with van der Waals surface area (Å²) < 4.78 is 28.4. The van der Waals surface area contributed by atoms with Crippen LogP contribution >= 0.6 is 24.0 Å². The van der Waals surface area contributed by atoms with E-state index in [9.17, 15) is 8.78 Å². The number of hydrogen-bond donors (Lipinski definition) is 1. The first-order valence-corrected chi connectivity index (χ1v) is 7.08. The Labute approximate surface area is 142 Å². The first-order chi connectivity index (χ1) is 10.5. The van der Waals surface area contributed by atoms with Gasteiger partial charge in [-0.25, -0.2) is 13.8 Å². The first-order valence-electron chi connectivity index (χ1n) is 6.70. The monoisotopic (exact) mass is 355 g/mol. The highest BCUT2D eigenvalue weighted by Gasteiger charge is 2.18. The molecule has 0 spiro atoms. The van der Waals surface area contributed by atoms with E-state index in [1.807, 2.05) is 6.92 Å². The van der Waals surface area contributed by atoms with Crippen molar-refractivity contribution in [1.82, 2.24) is 9.97 Å². The second kappa shape index (κ2) is 6.64. The summed E-state index contributed by atoms with van der Waals surface area (Å²) >= 11 is 5.86. The maximum absolute atomic E-state index is 14.4. The van der Waals surface area contributed by atoms with Crippen LogP contribution in [0.5, 0.6) is 0 Å². The van der Waals surface area contributed by atoms with Gasteiger partial charge >= 0.3 is 0 Å². The molecule has 1 aromatic carbocycles. The van der Waals surface area contributed by atoms with Crippen LogP contribution in [0.25, 0.3) is 22.0 Å². The number of halogens is 4. The van der Waals surface area contributed by atoms with E-state index in [0.717, 1.165) is 6.07 Å². The maximum Gasteiger partial charge on any atom is 0.136 e. The molecule has 2 heterocycles. The molecule has 3 aromatic rings. The summed E-state index contributed by atoms with van der Waals surface area (Å²) in [6.07, 6.45) is 1.93. The van der Waals surface area contributed by atoms with Gasteiger partial charge in [-0.3, -0.25) is 4.98 Å². The van der Waals surface area contributed by atoms with Crippen molar-refractivity contribution in [2.45, 2.75) is 13.3 Å². The zero-order chi connectivity index (χ0) is 15.9. The second-order valence-electron chi connectivity index (χ2n) is 4.85. The molecule has 0 unspecified atom stereocenters. The average Bonchev–Trinajstić information content (AvgIpc) is 2.49. The van der Waals surface area contributed by atoms with Crippen LogP contribution < -0.4 is 5.73 Å². The fraction of sp³-hybridized carbons (Fsp3) is 0.125. The van der Waals surface area contributed by atoms with Crippen molar-refractivity contribution in [3.63, 3.8) is 0 Å². The zero-order valence-electron chi connectivity index (χ0n) is 12.1. The van der Waals surface area contributed by atoms with Gasteiger partial charge in [0.05, 0.1) is 16.2 Å². The lowest BCUT2D eigenvalue weighted by Gasteiger charge is -2.12. The molecule has 3 nitrogen and oxygen atoms in total. The average molecular weight is 356 g/mol. The molecule has 7 heteroatoms. The van der Waals surface area contributed by atoms with Crippen molar-refractivity contribution in [3.05, 3.63) is 52.8 Å². The van der Waals surface area contributed by atoms with E-state index in [-0.39, 0.29) is 33.9 Å². The largest absolute Gasteiger partial charge is 0.384 e. The second-order valence-corrected chi connectivity index (χ2v) is 5.29. The SMILES string of the molecule is CCc1nc(N)ccc1-c1c(F)cc(F)c2cc(Cl)cnc12.Cl. The van der Waals surface area contributed by atoms with Crippen molar-refractivity contribution < 1.29 is 8.78 Å². The molecule has 120 valence electrons.